The van der Waals surface area contributed by atoms with Crippen molar-refractivity contribution in [1.29, 1.82) is 0 Å². The second-order valence-corrected chi connectivity index (χ2v) is 7.01. The number of para-hydroxylation sites is 1. The smallest absolute Gasteiger partial charge is 0.258 e. The minimum atomic E-state index is -0.286. The third-order valence-electron chi connectivity index (χ3n) is 4.55. The van der Waals surface area contributed by atoms with E-state index in [0.29, 0.717) is 33.4 Å². The Morgan fingerprint density at radius 2 is 1.52 bits per heavy atom. The van der Waals surface area contributed by atoms with Crippen molar-refractivity contribution in [1.82, 2.24) is 5.32 Å². The van der Waals surface area contributed by atoms with Crippen LogP contribution in [0.2, 0.25) is 5.02 Å². The first-order valence-electron chi connectivity index (χ1n) is 9.51. The van der Waals surface area contributed by atoms with Crippen LogP contribution in [-0.2, 0) is 11.3 Å². The van der Waals surface area contributed by atoms with E-state index in [9.17, 15) is 9.59 Å². The van der Waals surface area contributed by atoms with Crippen LogP contribution in [0.5, 0.6) is 17.2 Å². The molecule has 0 unspecified atom stereocenters. The van der Waals surface area contributed by atoms with Gasteiger partial charge in [-0.2, -0.15) is 0 Å². The number of ketones is 1. The van der Waals surface area contributed by atoms with Crippen molar-refractivity contribution >= 4 is 23.3 Å². The number of ether oxygens (including phenoxy) is 3. The Morgan fingerprint density at radius 1 is 0.871 bits per heavy atom. The lowest BCUT2D eigenvalue weighted by molar-refractivity contribution is -0.123. The normalized spacial score (nSPS) is 10.3. The number of carbonyl (C=O) groups is 2. The van der Waals surface area contributed by atoms with Crippen LogP contribution in [-0.4, -0.2) is 32.5 Å². The van der Waals surface area contributed by atoms with Gasteiger partial charge in [0.1, 0.15) is 5.75 Å². The molecule has 0 aromatic heterocycles. The van der Waals surface area contributed by atoms with Crippen LogP contribution in [0, 0.1) is 0 Å². The fourth-order valence-electron chi connectivity index (χ4n) is 2.96. The number of methoxy groups -OCH3 is 2. The van der Waals surface area contributed by atoms with Crippen molar-refractivity contribution in [2.75, 3.05) is 20.8 Å². The topological polar surface area (TPSA) is 73.9 Å². The maximum absolute atomic E-state index is 12.5. The van der Waals surface area contributed by atoms with Gasteiger partial charge in [-0.05, 0) is 54.6 Å². The maximum atomic E-state index is 12.5. The monoisotopic (exact) mass is 439 g/mol. The molecule has 0 atom stereocenters. The lowest BCUT2D eigenvalue weighted by atomic mass is 10.0. The minimum absolute atomic E-state index is 0.117. The molecule has 31 heavy (non-hydrogen) atoms. The molecular weight excluding hydrogens is 418 g/mol. The van der Waals surface area contributed by atoms with Gasteiger partial charge in [-0.1, -0.05) is 23.7 Å². The van der Waals surface area contributed by atoms with Gasteiger partial charge in [-0.25, -0.2) is 0 Å². The molecule has 0 aliphatic carbocycles. The first kappa shape index (κ1) is 22.2. The van der Waals surface area contributed by atoms with Gasteiger partial charge < -0.3 is 19.5 Å². The molecule has 1 N–H and O–H groups in total. The molecule has 0 aliphatic heterocycles. The highest BCUT2D eigenvalue weighted by molar-refractivity contribution is 6.30. The predicted octanol–water partition coefficient (Wildman–Crippen LogP) is 4.28. The van der Waals surface area contributed by atoms with Crippen LogP contribution in [0.4, 0.5) is 0 Å². The molecule has 0 spiro atoms. The number of rotatable bonds is 9. The van der Waals surface area contributed by atoms with E-state index < -0.39 is 0 Å². The van der Waals surface area contributed by atoms with Gasteiger partial charge in [0.2, 0.25) is 0 Å². The largest absolute Gasteiger partial charge is 0.493 e. The number of nitrogens with one attached hydrogen (secondary N) is 1. The molecule has 0 radical (unpaired) electrons. The molecule has 0 fully saturated rings. The fraction of sp³-hybridized carbons (Fsp3) is 0.167. The van der Waals surface area contributed by atoms with Gasteiger partial charge in [0.25, 0.3) is 5.91 Å². The number of benzene rings is 3. The summed E-state index contributed by atoms with van der Waals surface area (Å²) >= 11 is 5.86. The fourth-order valence-corrected chi connectivity index (χ4v) is 3.08. The van der Waals surface area contributed by atoms with Crippen molar-refractivity contribution in [3.05, 3.63) is 88.4 Å². The van der Waals surface area contributed by atoms with Gasteiger partial charge in [-0.15, -0.1) is 0 Å². The molecule has 160 valence electrons. The van der Waals surface area contributed by atoms with Crippen molar-refractivity contribution in [3.8, 4) is 17.2 Å². The van der Waals surface area contributed by atoms with Crippen LogP contribution in [0.25, 0.3) is 0 Å². The lowest BCUT2D eigenvalue weighted by Crippen LogP contribution is -2.28. The first-order chi connectivity index (χ1) is 15.0. The average Bonchev–Trinajstić information content (AvgIpc) is 2.81. The molecule has 7 heteroatoms. The zero-order valence-electron chi connectivity index (χ0n) is 17.2. The molecular formula is C24H22ClNO5. The molecule has 6 nitrogen and oxygen atoms in total. The highest BCUT2D eigenvalue weighted by Crippen LogP contribution is 2.30. The molecule has 3 aromatic carbocycles. The Balaban J connectivity index is 1.53. The van der Waals surface area contributed by atoms with Crippen molar-refractivity contribution in [2.45, 2.75) is 6.54 Å². The van der Waals surface area contributed by atoms with E-state index in [1.54, 1.807) is 68.8 Å². The van der Waals surface area contributed by atoms with E-state index in [4.69, 9.17) is 25.8 Å². The van der Waals surface area contributed by atoms with Crippen LogP contribution >= 0.6 is 11.6 Å². The zero-order chi connectivity index (χ0) is 22.2. The Bertz CT molecular complexity index is 1050. The van der Waals surface area contributed by atoms with Gasteiger partial charge >= 0.3 is 0 Å². The van der Waals surface area contributed by atoms with Gasteiger partial charge in [0.05, 0.1) is 14.2 Å². The first-order valence-corrected chi connectivity index (χ1v) is 9.89. The number of halogens is 1. The van der Waals surface area contributed by atoms with Crippen molar-refractivity contribution in [3.63, 3.8) is 0 Å². The second-order valence-electron chi connectivity index (χ2n) is 6.58. The Kier molecular flexibility index (Phi) is 7.51. The van der Waals surface area contributed by atoms with E-state index in [1.165, 1.54) is 0 Å². The summed E-state index contributed by atoms with van der Waals surface area (Å²) in [6.07, 6.45) is 0. The SMILES string of the molecule is COc1cccc(CNC(=O)COc2ccc(C(=O)c3ccc(Cl)cc3)cc2)c1OC. The number of hydrogen-bond acceptors (Lipinski definition) is 5. The highest BCUT2D eigenvalue weighted by atomic mass is 35.5. The van der Waals surface area contributed by atoms with Crippen LogP contribution in [0.15, 0.2) is 66.7 Å². The summed E-state index contributed by atoms with van der Waals surface area (Å²) in [6, 6.07) is 18.8. The third kappa shape index (κ3) is 5.77. The number of amides is 1. The van der Waals surface area contributed by atoms with Crippen molar-refractivity contribution in [2.24, 2.45) is 0 Å². The number of carbonyl (C=O) groups excluding carboxylic acids is 2. The third-order valence-corrected chi connectivity index (χ3v) is 4.81. The highest BCUT2D eigenvalue weighted by Gasteiger charge is 2.12. The van der Waals surface area contributed by atoms with Crippen molar-refractivity contribution < 1.29 is 23.8 Å². The lowest BCUT2D eigenvalue weighted by Gasteiger charge is -2.13. The molecule has 1 amide bonds. The minimum Gasteiger partial charge on any atom is -0.493 e. The summed E-state index contributed by atoms with van der Waals surface area (Å²) in [4.78, 5) is 24.6. The summed E-state index contributed by atoms with van der Waals surface area (Å²) < 4.78 is 16.1. The quantitative estimate of drug-likeness (QED) is 0.504. The Labute approximate surface area is 185 Å². The van der Waals surface area contributed by atoms with Gasteiger partial charge in [0.15, 0.2) is 23.9 Å². The molecule has 0 aliphatic rings. The van der Waals surface area contributed by atoms with Crippen LogP contribution in [0.1, 0.15) is 21.5 Å². The molecule has 0 saturated carbocycles. The van der Waals surface area contributed by atoms with E-state index in [0.717, 1.165) is 5.56 Å². The van der Waals surface area contributed by atoms with Gasteiger partial charge in [-0.3, -0.25) is 9.59 Å². The predicted molar refractivity (Wildman–Crippen MR) is 118 cm³/mol. The summed E-state index contributed by atoms with van der Waals surface area (Å²) in [5.41, 5.74) is 1.86. The van der Waals surface area contributed by atoms with E-state index >= 15 is 0 Å². The Morgan fingerprint density at radius 3 is 2.13 bits per heavy atom. The number of hydrogen-bond donors (Lipinski definition) is 1. The summed E-state index contributed by atoms with van der Waals surface area (Å²) in [5, 5.41) is 3.36. The maximum Gasteiger partial charge on any atom is 0.258 e. The average molecular weight is 440 g/mol. The van der Waals surface area contributed by atoms with Crippen LogP contribution < -0.4 is 19.5 Å². The standard InChI is InChI=1S/C24H22ClNO5/c1-29-21-5-3-4-18(24(21)30-2)14-26-22(27)15-31-20-12-8-17(9-13-20)23(28)16-6-10-19(25)11-7-16/h3-13H,14-15H2,1-2H3,(H,26,27). The summed E-state index contributed by atoms with van der Waals surface area (Å²) in [7, 11) is 3.11. The molecule has 0 heterocycles. The molecule has 3 rings (SSSR count). The zero-order valence-corrected chi connectivity index (χ0v) is 17.9. The molecule has 3 aromatic rings. The van der Waals surface area contributed by atoms with Crippen LogP contribution in [0.3, 0.4) is 0 Å². The molecule has 0 bridgehead atoms. The van der Waals surface area contributed by atoms with Gasteiger partial charge in [0, 0.05) is 28.3 Å². The summed E-state index contributed by atoms with van der Waals surface area (Å²) in [5.74, 6) is 1.26. The van der Waals surface area contributed by atoms with E-state index in [1.807, 2.05) is 12.1 Å². The Hall–Kier alpha value is -3.51. The summed E-state index contributed by atoms with van der Waals surface area (Å²) in [6.45, 7) is 0.119. The molecule has 0 saturated heterocycles. The van der Waals surface area contributed by atoms with E-state index in [-0.39, 0.29) is 24.8 Å². The van der Waals surface area contributed by atoms with E-state index in [2.05, 4.69) is 5.32 Å². The second kappa shape index (κ2) is 10.5.